The second kappa shape index (κ2) is 6.63. The summed E-state index contributed by atoms with van der Waals surface area (Å²) in [5, 5.41) is 10.8. The lowest BCUT2D eigenvalue weighted by atomic mass is 10.3. The van der Waals surface area contributed by atoms with E-state index in [-0.39, 0.29) is 0 Å². The standard InChI is InChI=1S/C12H18N4OS/c1-10-15-12(9-18-10)8-16-7-11(6-14-16)5-13-3-4-17-2/h6-7,9,13H,3-5,8H2,1-2H3. The fourth-order valence-electron chi connectivity index (χ4n) is 1.64. The van der Waals surface area contributed by atoms with E-state index in [0.717, 1.165) is 36.9 Å². The van der Waals surface area contributed by atoms with Gasteiger partial charge in [-0.1, -0.05) is 0 Å². The molecule has 98 valence electrons. The Hall–Kier alpha value is -1.24. The number of nitrogens with zero attached hydrogens (tertiary/aromatic N) is 3. The lowest BCUT2D eigenvalue weighted by Gasteiger charge is -2.01. The van der Waals surface area contributed by atoms with Gasteiger partial charge in [-0.05, 0) is 6.92 Å². The van der Waals surface area contributed by atoms with Gasteiger partial charge in [0.05, 0.1) is 30.1 Å². The molecule has 0 amide bonds. The molecule has 0 bridgehead atoms. The van der Waals surface area contributed by atoms with E-state index in [9.17, 15) is 0 Å². The number of aryl methyl sites for hydroxylation is 1. The van der Waals surface area contributed by atoms with Crippen LogP contribution in [0.25, 0.3) is 0 Å². The van der Waals surface area contributed by atoms with Gasteiger partial charge in [0, 0.05) is 37.3 Å². The average molecular weight is 266 g/mol. The Labute approximate surface area is 111 Å². The summed E-state index contributed by atoms with van der Waals surface area (Å²) in [6, 6.07) is 0. The van der Waals surface area contributed by atoms with Crippen LogP contribution in [0.4, 0.5) is 0 Å². The van der Waals surface area contributed by atoms with E-state index < -0.39 is 0 Å². The van der Waals surface area contributed by atoms with Gasteiger partial charge >= 0.3 is 0 Å². The number of aromatic nitrogens is 3. The molecule has 0 aromatic carbocycles. The van der Waals surface area contributed by atoms with Crippen molar-refractivity contribution in [3.8, 4) is 0 Å². The van der Waals surface area contributed by atoms with E-state index >= 15 is 0 Å². The molecule has 0 aliphatic rings. The van der Waals surface area contributed by atoms with E-state index in [1.165, 1.54) is 5.56 Å². The van der Waals surface area contributed by atoms with Gasteiger partial charge in [-0.15, -0.1) is 11.3 Å². The van der Waals surface area contributed by atoms with E-state index in [0.29, 0.717) is 0 Å². The van der Waals surface area contributed by atoms with Gasteiger partial charge in [0.15, 0.2) is 0 Å². The van der Waals surface area contributed by atoms with Crippen molar-refractivity contribution in [3.63, 3.8) is 0 Å². The van der Waals surface area contributed by atoms with Crippen LogP contribution in [-0.4, -0.2) is 35.0 Å². The molecule has 0 radical (unpaired) electrons. The molecule has 0 saturated carbocycles. The summed E-state index contributed by atoms with van der Waals surface area (Å²) in [6.45, 7) is 5.16. The molecule has 2 rings (SSSR count). The lowest BCUT2D eigenvalue weighted by Crippen LogP contribution is -2.18. The molecule has 0 unspecified atom stereocenters. The first-order valence-electron chi connectivity index (χ1n) is 5.90. The Morgan fingerprint density at radius 1 is 1.50 bits per heavy atom. The van der Waals surface area contributed by atoms with Crippen molar-refractivity contribution in [3.05, 3.63) is 34.0 Å². The van der Waals surface area contributed by atoms with Gasteiger partial charge in [0.2, 0.25) is 0 Å². The summed E-state index contributed by atoms with van der Waals surface area (Å²) in [5.41, 5.74) is 2.25. The van der Waals surface area contributed by atoms with Crippen LogP contribution in [0.3, 0.4) is 0 Å². The number of ether oxygens (including phenoxy) is 1. The molecule has 6 heteroatoms. The van der Waals surface area contributed by atoms with Crippen molar-refractivity contribution in [2.45, 2.75) is 20.0 Å². The Morgan fingerprint density at radius 3 is 3.11 bits per heavy atom. The Bertz CT molecular complexity index is 480. The number of methoxy groups -OCH3 is 1. The number of rotatable bonds is 7. The van der Waals surface area contributed by atoms with E-state index in [1.807, 2.05) is 17.8 Å². The van der Waals surface area contributed by atoms with Gasteiger partial charge in [-0.3, -0.25) is 4.68 Å². The Balaban J connectivity index is 1.82. The van der Waals surface area contributed by atoms with Crippen LogP contribution in [0, 0.1) is 6.92 Å². The van der Waals surface area contributed by atoms with Crippen molar-refractivity contribution in [2.24, 2.45) is 0 Å². The summed E-state index contributed by atoms with van der Waals surface area (Å²) < 4.78 is 6.89. The number of nitrogens with one attached hydrogen (secondary N) is 1. The zero-order chi connectivity index (χ0) is 12.8. The third-order valence-electron chi connectivity index (χ3n) is 2.49. The quantitative estimate of drug-likeness (QED) is 0.770. The molecule has 0 atom stereocenters. The summed E-state index contributed by atoms with van der Waals surface area (Å²) in [6.07, 6.45) is 3.94. The van der Waals surface area contributed by atoms with Crippen LogP contribution < -0.4 is 5.32 Å². The zero-order valence-corrected chi connectivity index (χ0v) is 11.5. The Kier molecular flexibility index (Phi) is 4.86. The minimum Gasteiger partial charge on any atom is -0.383 e. The number of hydrogen-bond donors (Lipinski definition) is 1. The summed E-state index contributed by atoms with van der Waals surface area (Å²) in [4.78, 5) is 4.43. The van der Waals surface area contributed by atoms with Gasteiger partial charge in [-0.2, -0.15) is 5.10 Å². The summed E-state index contributed by atoms with van der Waals surface area (Å²) in [7, 11) is 1.70. The maximum absolute atomic E-state index is 4.98. The monoisotopic (exact) mass is 266 g/mol. The fourth-order valence-corrected chi connectivity index (χ4v) is 2.24. The molecule has 0 aliphatic heterocycles. The second-order valence-corrected chi connectivity index (χ2v) is 5.14. The van der Waals surface area contributed by atoms with Gasteiger partial charge < -0.3 is 10.1 Å². The predicted molar refractivity (Wildman–Crippen MR) is 71.8 cm³/mol. The third-order valence-corrected chi connectivity index (χ3v) is 3.31. The normalized spacial score (nSPS) is 11.0. The van der Waals surface area contributed by atoms with Crippen LogP contribution in [0.15, 0.2) is 17.8 Å². The van der Waals surface area contributed by atoms with E-state index in [1.54, 1.807) is 18.4 Å². The molecule has 0 aliphatic carbocycles. The maximum Gasteiger partial charge on any atom is 0.0898 e. The zero-order valence-electron chi connectivity index (χ0n) is 10.7. The first-order valence-corrected chi connectivity index (χ1v) is 6.78. The van der Waals surface area contributed by atoms with Crippen molar-refractivity contribution in [1.82, 2.24) is 20.1 Å². The maximum atomic E-state index is 4.98. The van der Waals surface area contributed by atoms with Crippen LogP contribution >= 0.6 is 11.3 Å². The molecule has 0 fully saturated rings. The molecule has 1 N–H and O–H groups in total. The molecule has 5 nitrogen and oxygen atoms in total. The molecular weight excluding hydrogens is 248 g/mol. The van der Waals surface area contributed by atoms with Crippen LogP contribution in [-0.2, 0) is 17.8 Å². The smallest absolute Gasteiger partial charge is 0.0898 e. The molecule has 18 heavy (non-hydrogen) atoms. The second-order valence-electron chi connectivity index (χ2n) is 4.07. The van der Waals surface area contributed by atoms with Crippen LogP contribution in [0.5, 0.6) is 0 Å². The molecule has 0 spiro atoms. The lowest BCUT2D eigenvalue weighted by molar-refractivity contribution is 0.199. The van der Waals surface area contributed by atoms with Crippen LogP contribution in [0.2, 0.25) is 0 Å². The van der Waals surface area contributed by atoms with E-state index in [4.69, 9.17) is 4.74 Å². The average Bonchev–Trinajstić information content (AvgIpc) is 2.95. The summed E-state index contributed by atoms with van der Waals surface area (Å²) >= 11 is 1.67. The highest BCUT2D eigenvalue weighted by Gasteiger charge is 2.02. The number of hydrogen-bond acceptors (Lipinski definition) is 5. The highest BCUT2D eigenvalue weighted by molar-refractivity contribution is 7.09. The largest absolute Gasteiger partial charge is 0.383 e. The SMILES string of the molecule is COCCNCc1cnn(Cc2csc(C)n2)c1. The highest BCUT2D eigenvalue weighted by Crippen LogP contribution is 2.09. The summed E-state index contributed by atoms with van der Waals surface area (Å²) in [5.74, 6) is 0. The van der Waals surface area contributed by atoms with Crippen LogP contribution in [0.1, 0.15) is 16.3 Å². The molecule has 2 aromatic heterocycles. The number of thiazole rings is 1. The molecule has 0 saturated heterocycles. The molecule has 2 heterocycles. The fraction of sp³-hybridized carbons (Fsp3) is 0.500. The molecule has 2 aromatic rings. The first kappa shape index (κ1) is 13.2. The minimum atomic E-state index is 0.728. The third kappa shape index (κ3) is 3.90. The van der Waals surface area contributed by atoms with Crippen molar-refractivity contribution < 1.29 is 4.74 Å². The Morgan fingerprint density at radius 2 is 2.39 bits per heavy atom. The van der Waals surface area contributed by atoms with Crippen molar-refractivity contribution in [2.75, 3.05) is 20.3 Å². The minimum absolute atomic E-state index is 0.728. The first-order chi connectivity index (χ1) is 8.78. The van der Waals surface area contributed by atoms with Gasteiger partial charge in [0.1, 0.15) is 0 Å². The topological polar surface area (TPSA) is 52.0 Å². The van der Waals surface area contributed by atoms with E-state index in [2.05, 4.69) is 27.0 Å². The van der Waals surface area contributed by atoms with Gasteiger partial charge in [0.25, 0.3) is 0 Å². The highest BCUT2D eigenvalue weighted by atomic mass is 32.1. The molecular formula is C12H18N4OS. The van der Waals surface area contributed by atoms with Gasteiger partial charge in [-0.25, -0.2) is 4.98 Å². The van der Waals surface area contributed by atoms with Crippen molar-refractivity contribution >= 4 is 11.3 Å². The van der Waals surface area contributed by atoms with Crippen molar-refractivity contribution in [1.29, 1.82) is 0 Å². The predicted octanol–water partition coefficient (Wildman–Crippen LogP) is 1.43.